The van der Waals surface area contributed by atoms with Crippen LogP contribution in [0.4, 0.5) is 5.82 Å². The average molecular weight is 352 g/mol. The summed E-state index contributed by atoms with van der Waals surface area (Å²) in [5, 5.41) is 7.39. The van der Waals surface area contributed by atoms with Crippen molar-refractivity contribution in [2.24, 2.45) is 0 Å². The molecule has 134 valence electrons. The lowest BCUT2D eigenvalue weighted by Crippen LogP contribution is -2.46. The Morgan fingerprint density at radius 2 is 1.88 bits per heavy atom. The number of nitrogens with zero attached hydrogens (tertiary/aromatic N) is 5. The molecule has 3 aromatic rings. The molecule has 2 aliphatic rings. The van der Waals surface area contributed by atoms with Crippen molar-refractivity contribution in [2.45, 2.75) is 13.5 Å². The molecule has 26 heavy (non-hydrogen) atoms. The quantitative estimate of drug-likeness (QED) is 0.769. The first kappa shape index (κ1) is 15.4. The normalized spacial score (nSPS) is 17.2. The largest absolute Gasteiger partial charge is 0.454 e. The monoisotopic (exact) mass is 352 g/mol. The van der Waals surface area contributed by atoms with Crippen molar-refractivity contribution < 1.29 is 9.47 Å². The number of nitrogens with one attached hydrogen (secondary N) is 1. The number of rotatable bonds is 3. The van der Waals surface area contributed by atoms with Crippen molar-refractivity contribution in [1.29, 1.82) is 0 Å². The zero-order chi connectivity index (χ0) is 17.5. The Balaban J connectivity index is 1.27. The van der Waals surface area contributed by atoms with Crippen LogP contribution >= 0.6 is 0 Å². The number of aromatic nitrogens is 4. The summed E-state index contributed by atoms with van der Waals surface area (Å²) in [5.74, 6) is 2.60. The van der Waals surface area contributed by atoms with Gasteiger partial charge in [0, 0.05) is 32.7 Å². The van der Waals surface area contributed by atoms with E-state index in [0.29, 0.717) is 6.79 Å². The van der Waals surface area contributed by atoms with Crippen molar-refractivity contribution in [2.75, 3.05) is 37.9 Å². The molecule has 0 atom stereocenters. The van der Waals surface area contributed by atoms with Crippen LogP contribution in [0.15, 0.2) is 24.5 Å². The van der Waals surface area contributed by atoms with Gasteiger partial charge in [-0.2, -0.15) is 5.10 Å². The van der Waals surface area contributed by atoms with Gasteiger partial charge in [0.05, 0.1) is 5.69 Å². The molecule has 0 bridgehead atoms. The maximum atomic E-state index is 5.47. The molecular formula is C18H20N6O2. The molecule has 4 heterocycles. The number of anilines is 1. The summed E-state index contributed by atoms with van der Waals surface area (Å²) in [6.45, 7) is 7.00. The number of aryl methyl sites for hydroxylation is 1. The van der Waals surface area contributed by atoms with Gasteiger partial charge in [0.15, 0.2) is 22.8 Å². The zero-order valence-electron chi connectivity index (χ0n) is 14.6. The molecule has 8 heteroatoms. The number of fused-ring (bicyclic) bond motifs is 2. The first-order chi connectivity index (χ1) is 12.8. The minimum Gasteiger partial charge on any atom is -0.454 e. The second-order valence-electron chi connectivity index (χ2n) is 6.69. The molecule has 0 amide bonds. The molecule has 2 aliphatic heterocycles. The predicted octanol–water partition coefficient (Wildman–Crippen LogP) is 1.71. The molecule has 0 saturated carbocycles. The molecule has 1 aromatic carbocycles. The van der Waals surface area contributed by atoms with Gasteiger partial charge in [0.2, 0.25) is 6.79 Å². The standard InChI is InChI=1S/C18H20N6O2/c1-12-16-17(22-21-12)18(20-10-19-16)24-6-4-23(5-7-24)9-13-2-3-14-15(8-13)26-11-25-14/h2-3,8,10H,4-7,9,11H2,1H3,(H,21,22). The van der Waals surface area contributed by atoms with E-state index in [4.69, 9.17) is 9.47 Å². The predicted molar refractivity (Wildman–Crippen MR) is 96.5 cm³/mol. The highest BCUT2D eigenvalue weighted by Crippen LogP contribution is 2.33. The fraction of sp³-hybridized carbons (Fsp3) is 0.389. The highest BCUT2D eigenvalue weighted by Gasteiger charge is 2.22. The topological polar surface area (TPSA) is 79.4 Å². The van der Waals surface area contributed by atoms with Crippen molar-refractivity contribution in [3.63, 3.8) is 0 Å². The van der Waals surface area contributed by atoms with Crippen LogP contribution in [0.1, 0.15) is 11.3 Å². The van der Waals surface area contributed by atoms with Crippen LogP contribution in [0, 0.1) is 6.92 Å². The molecule has 0 spiro atoms. The van der Waals surface area contributed by atoms with Gasteiger partial charge in [-0.25, -0.2) is 9.97 Å². The smallest absolute Gasteiger partial charge is 0.231 e. The van der Waals surface area contributed by atoms with Gasteiger partial charge >= 0.3 is 0 Å². The lowest BCUT2D eigenvalue weighted by molar-refractivity contribution is 0.174. The molecule has 1 N–H and O–H groups in total. The Morgan fingerprint density at radius 1 is 1.04 bits per heavy atom. The fourth-order valence-corrected chi connectivity index (χ4v) is 3.59. The van der Waals surface area contributed by atoms with E-state index in [1.807, 2.05) is 13.0 Å². The Bertz CT molecular complexity index is 948. The van der Waals surface area contributed by atoms with E-state index >= 15 is 0 Å². The molecule has 2 aromatic heterocycles. The third-order valence-corrected chi connectivity index (χ3v) is 5.01. The van der Waals surface area contributed by atoms with Crippen molar-refractivity contribution in [1.82, 2.24) is 25.1 Å². The van der Waals surface area contributed by atoms with Crippen molar-refractivity contribution in [3.8, 4) is 11.5 Å². The minimum absolute atomic E-state index is 0.317. The number of hydrogen-bond acceptors (Lipinski definition) is 7. The summed E-state index contributed by atoms with van der Waals surface area (Å²) in [7, 11) is 0. The van der Waals surface area contributed by atoms with Crippen LogP contribution in [-0.2, 0) is 6.54 Å². The SMILES string of the molecule is Cc1[nH]nc2c(N3CCN(Cc4ccc5c(c4)OCO5)CC3)ncnc12. The summed E-state index contributed by atoms with van der Waals surface area (Å²) >= 11 is 0. The Labute approximate surface area is 150 Å². The zero-order valence-corrected chi connectivity index (χ0v) is 14.6. The van der Waals surface area contributed by atoms with Crippen LogP contribution in [0.5, 0.6) is 11.5 Å². The van der Waals surface area contributed by atoms with E-state index in [2.05, 4.69) is 42.1 Å². The first-order valence-corrected chi connectivity index (χ1v) is 8.79. The van der Waals surface area contributed by atoms with Crippen LogP contribution in [-0.4, -0.2) is 58.0 Å². The average Bonchev–Trinajstić information content (AvgIpc) is 3.29. The van der Waals surface area contributed by atoms with Crippen molar-refractivity contribution >= 4 is 16.9 Å². The van der Waals surface area contributed by atoms with Gasteiger partial charge < -0.3 is 14.4 Å². The molecule has 1 fully saturated rings. The molecule has 0 radical (unpaired) electrons. The summed E-state index contributed by atoms with van der Waals surface area (Å²) in [6, 6.07) is 6.18. The second kappa shape index (κ2) is 6.14. The number of piperazine rings is 1. The molecule has 8 nitrogen and oxygen atoms in total. The molecule has 5 rings (SSSR count). The van der Waals surface area contributed by atoms with Crippen LogP contribution in [0.3, 0.4) is 0 Å². The van der Waals surface area contributed by atoms with E-state index < -0.39 is 0 Å². The molecule has 0 unspecified atom stereocenters. The summed E-state index contributed by atoms with van der Waals surface area (Å²) in [6.07, 6.45) is 1.62. The third-order valence-electron chi connectivity index (χ3n) is 5.01. The Morgan fingerprint density at radius 3 is 2.77 bits per heavy atom. The highest BCUT2D eigenvalue weighted by molar-refractivity contribution is 5.87. The third kappa shape index (κ3) is 2.62. The van der Waals surface area contributed by atoms with E-state index in [0.717, 1.165) is 66.8 Å². The number of ether oxygens (including phenoxy) is 2. The number of H-pyrrole nitrogens is 1. The van der Waals surface area contributed by atoms with Gasteiger partial charge in [-0.15, -0.1) is 0 Å². The van der Waals surface area contributed by atoms with Gasteiger partial charge in [0.1, 0.15) is 11.8 Å². The molecule has 1 saturated heterocycles. The number of hydrogen-bond donors (Lipinski definition) is 1. The van der Waals surface area contributed by atoms with E-state index in [9.17, 15) is 0 Å². The van der Waals surface area contributed by atoms with E-state index in [1.165, 1.54) is 5.56 Å². The van der Waals surface area contributed by atoms with Gasteiger partial charge in [0.25, 0.3) is 0 Å². The first-order valence-electron chi connectivity index (χ1n) is 8.79. The van der Waals surface area contributed by atoms with Crippen LogP contribution in [0.2, 0.25) is 0 Å². The maximum Gasteiger partial charge on any atom is 0.231 e. The summed E-state index contributed by atoms with van der Waals surface area (Å²) in [4.78, 5) is 13.5. The maximum absolute atomic E-state index is 5.47. The number of benzene rings is 1. The van der Waals surface area contributed by atoms with E-state index in [1.54, 1.807) is 6.33 Å². The lowest BCUT2D eigenvalue weighted by atomic mass is 10.1. The minimum atomic E-state index is 0.317. The summed E-state index contributed by atoms with van der Waals surface area (Å²) < 4.78 is 10.9. The fourth-order valence-electron chi connectivity index (χ4n) is 3.59. The second-order valence-corrected chi connectivity index (χ2v) is 6.69. The molecular weight excluding hydrogens is 332 g/mol. The summed E-state index contributed by atoms with van der Waals surface area (Å²) in [5.41, 5.74) is 3.98. The highest BCUT2D eigenvalue weighted by atomic mass is 16.7. The van der Waals surface area contributed by atoms with Gasteiger partial charge in [-0.05, 0) is 24.6 Å². The molecule has 0 aliphatic carbocycles. The Kier molecular flexibility index (Phi) is 3.63. The lowest BCUT2D eigenvalue weighted by Gasteiger charge is -2.35. The van der Waals surface area contributed by atoms with E-state index in [-0.39, 0.29) is 0 Å². The van der Waals surface area contributed by atoms with Crippen molar-refractivity contribution in [3.05, 3.63) is 35.8 Å². The van der Waals surface area contributed by atoms with Crippen LogP contribution in [0.25, 0.3) is 11.0 Å². The Hall–Kier alpha value is -2.87. The van der Waals surface area contributed by atoms with Gasteiger partial charge in [-0.3, -0.25) is 10.00 Å². The van der Waals surface area contributed by atoms with Gasteiger partial charge in [-0.1, -0.05) is 6.07 Å². The van der Waals surface area contributed by atoms with Crippen LogP contribution < -0.4 is 14.4 Å². The number of aromatic amines is 1.